The van der Waals surface area contributed by atoms with Crippen LogP contribution in [0.2, 0.25) is 0 Å². The molecule has 0 saturated carbocycles. The number of aromatic nitrogens is 1. The smallest absolute Gasteiger partial charge is 0.260 e. The van der Waals surface area contributed by atoms with Crippen LogP contribution in [0.4, 0.5) is 5.13 Å². The third kappa shape index (κ3) is 5.32. The quantitative estimate of drug-likeness (QED) is 0.281. The fourth-order valence-corrected chi connectivity index (χ4v) is 7.29. The summed E-state index contributed by atoms with van der Waals surface area (Å²) in [7, 11) is -1.99. The number of fused-ring (bicyclic) bond motifs is 1. The van der Waals surface area contributed by atoms with Gasteiger partial charge in [-0.3, -0.25) is 9.69 Å². The number of benzene rings is 3. The average molecular weight is 550 g/mol. The highest BCUT2D eigenvalue weighted by Crippen LogP contribution is 2.37. The fourth-order valence-electron chi connectivity index (χ4n) is 4.73. The van der Waals surface area contributed by atoms with E-state index >= 15 is 0 Å². The maximum Gasteiger partial charge on any atom is 0.260 e. The molecule has 1 fully saturated rings. The minimum Gasteiger partial charge on any atom is -0.494 e. The zero-order valence-electron chi connectivity index (χ0n) is 21.6. The molecule has 5 rings (SSSR count). The largest absolute Gasteiger partial charge is 0.494 e. The number of nitrogens with zero attached hydrogens (tertiary/aromatic N) is 3. The first kappa shape index (κ1) is 26.3. The van der Waals surface area contributed by atoms with Gasteiger partial charge in [0.15, 0.2) is 5.13 Å². The van der Waals surface area contributed by atoms with Gasteiger partial charge in [0.05, 0.1) is 23.2 Å². The number of carbonyl (C=O) groups excluding carboxylic acids is 1. The summed E-state index contributed by atoms with van der Waals surface area (Å²) in [6.45, 7) is 3.41. The molecular weight excluding hydrogens is 518 g/mol. The Morgan fingerprint density at radius 3 is 2.32 bits per heavy atom. The lowest BCUT2D eigenvalue weighted by Crippen LogP contribution is -2.32. The SMILES string of the molecule is COc1ccc(C)c2sc(N(Cc3ccccc3)C(=O)c3ccc(S(=O)(=O)N4CCCCCC4)cc3)nc12. The molecule has 9 heteroatoms. The van der Waals surface area contributed by atoms with Crippen LogP contribution < -0.4 is 9.64 Å². The first-order valence-corrected chi connectivity index (χ1v) is 15.0. The first-order valence-electron chi connectivity index (χ1n) is 12.8. The molecule has 38 heavy (non-hydrogen) atoms. The second kappa shape index (κ2) is 11.2. The van der Waals surface area contributed by atoms with Crippen molar-refractivity contribution in [2.24, 2.45) is 0 Å². The minimum absolute atomic E-state index is 0.214. The van der Waals surface area contributed by atoms with E-state index in [1.54, 1.807) is 40.6 Å². The number of sulfonamides is 1. The molecular formula is C29H31N3O4S2. The summed E-state index contributed by atoms with van der Waals surface area (Å²) >= 11 is 1.44. The molecule has 0 aliphatic carbocycles. The summed E-state index contributed by atoms with van der Waals surface area (Å²) in [6.07, 6.45) is 3.84. The van der Waals surface area contributed by atoms with Gasteiger partial charge in [0.2, 0.25) is 10.0 Å². The van der Waals surface area contributed by atoms with Crippen molar-refractivity contribution in [2.75, 3.05) is 25.1 Å². The zero-order valence-corrected chi connectivity index (χ0v) is 23.2. The molecule has 0 unspecified atom stereocenters. The number of hydrogen-bond acceptors (Lipinski definition) is 6. The second-order valence-electron chi connectivity index (χ2n) is 9.48. The number of thiazole rings is 1. The fraction of sp³-hybridized carbons (Fsp3) is 0.310. The Labute approximate surface area is 227 Å². The molecule has 4 aromatic rings. The van der Waals surface area contributed by atoms with Crippen LogP contribution in [-0.2, 0) is 16.6 Å². The number of carbonyl (C=O) groups is 1. The first-order chi connectivity index (χ1) is 18.4. The summed E-state index contributed by atoms with van der Waals surface area (Å²) in [5.74, 6) is 0.409. The van der Waals surface area contributed by atoms with Crippen LogP contribution in [0.15, 0.2) is 71.6 Å². The van der Waals surface area contributed by atoms with E-state index < -0.39 is 10.0 Å². The van der Waals surface area contributed by atoms with Gasteiger partial charge in [0, 0.05) is 18.7 Å². The standard InChI is InChI=1S/C29H31N3O4S2/c1-21-12-17-25(36-2)26-27(21)37-29(30-26)32(20-22-10-6-5-7-11-22)28(33)23-13-15-24(16-14-23)38(34,35)31-18-8-3-4-9-19-31/h5-7,10-17H,3-4,8-9,18-20H2,1-2H3. The molecule has 7 nitrogen and oxygen atoms in total. The summed E-state index contributed by atoms with van der Waals surface area (Å²) in [4.78, 5) is 20.5. The van der Waals surface area contributed by atoms with Crippen molar-refractivity contribution in [2.45, 2.75) is 44.0 Å². The van der Waals surface area contributed by atoms with Crippen molar-refractivity contribution in [3.63, 3.8) is 0 Å². The summed E-state index contributed by atoms with van der Waals surface area (Å²) in [6, 6.07) is 19.9. The van der Waals surface area contributed by atoms with E-state index in [1.807, 2.05) is 49.4 Å². The molecule has 0 bridgehead atoms. The molecule has 2 heterocycles. The van der Waals surface area contributed by atoms with Crippen molar-refractivity contribution < 1.29 is 17.9 Å². The van der Waals surface area contributed by atoms with Gasteiger partial charge >= 0.3 is 0 Å². The summed E-state index contributed by atoms with van der Waals surface area (Å²) in [5, 5.41) is 0.558. The number of methoxy groups -OCH3 is 1. The van der Waals surface area contributed by atoms with Gasteiger partial charge in [-0.05, 0) is 61.2 Å². The lowest BCUT2D eigenvalue weighted by molar-refractivity contribution is 0.0985. The van der Waals surface area contributed by atoms with Gasteiger partial charge in [-0.1, -0.05) is 60.6 Å². The third-order valence-corrected chi connectivity index (χ3v) is 10.0. The van der Waals surface area contributed by atoms with Crippen LogP contribution in [0.25, 0.3) is 10.2 Å². The van der Waals surface area contributed by atoms with Crippen LogP contribution in [0.5, 0.6) is 5.75 Å². The van der Waals surface area contributed by atoms with Gasteiger partial charge in [0.25, 0.3) is 5.91 Å². The molecule has 0 radical (unpaired) electrons. The third-order valence-electron chi connectivity index (χ3n) is 6.88. The number of hydrogen-bond donors (Lipinski definition) is 0. The number of amides is 1. The summed E-state index contributed by atoms with van der Waals surface area (Å²) in [5.41, 5.74) is 3.14. The van der Waals surface area contributed by atoms with Crippen molar-refractivity contribution >= 4 is 42.6 Å². The lowest BCUT2D eigenvalue weighted by atomic mass is 10.1. The second-order valence-corrected chi connectivity index (χ2v) is 12.4. The normalized spacial score (nSPS) is 14.8. The minimum atomic E-state index is -3.59. The van der Waals surface area contributed by atoms with Crippen molar-refractivity contribution in [1.82, 2.24) is 9.29 Å². The Bertz CT molecular complexity index is 1530. The van der Waals surface area contributed by atoms with Crippen LogP contribution in [0.1, 0.15) is 47.2 Å². The maximum absolute atomic E-state index is 13.9. The molecule has 198 valence electrons. The average Bonchev–Trinajstić information content (AvgIpc) is 3.20. The van der Waals surface area contributed by atoms with Crippen LogP contribution >= 0.6 is 11.3 Å². The van der Waals surface area contributed by atoms with E-state index in [4.69, 9.17) is 9.72 Å². The highest BCUT2D eigenvalue weighted by atomic mass is 32.2. The monoisotopic (exact) mass is 549 g/mol. The predicted octanol–water partition coefficient (Wildman–Crippen LogP) is 6.03. The number of aryl methyl sites for hydroxylation is 1. The zero-order chi connectivity index (χ0) is 26.7. The topological polar surface area (TPSA) is 79.8 Å². The van der Waals surface area contributed by atoms with Gasteiger partial charge < -0.3 is 4.74 Å². The van der Waals surface area contributed by atoms with Gasteiger partial charge in [-0.25, -0.2) is 13.4 Å². The Balaban J connectivity index is 1.49. The molecule has 0 N–H and O–H groups in total. The molecule has 1 aromatic heterocycles. The van der Waals surface area contributed by atoms with Gasteiger partial charge in [-0.2, -0.15) is 4.31 Å². The maximum atomic E-state index is 13.9. The Kier molecular flexibility index (Phi) is 7.78. The Morgan fingerprint density at radius 1 is 0.974 bits per heavy atom. The molecule has 1 saturated heterocycles. The number of rotatable bonds is 7. The Hall–Kier alpha value is -3.27. The van der Waals surface area contributed by atoms with E-state index in [9.17, 15) is 13.2 Å². The van der Waals surface area contributed by atoms with E-state index in [0.717, 1.165) is 47.0 Å². The van der Waals surface area contributed by atoms with Crippen molar-refractivity contribution in [1.29, 1.82) is 0 Å². The van der Waals surface area contributed by atoms with Gasteiger partial charge in [-0.15, -0.1) is 0 Å². The summed E-state index contributed by atoms with van der Waals surface area (Å²) < 4.78 is 34.5. The van der Waals surface area contributed by atoms with Crippen LogP contribution in [0.3, 0.4) is 0 Å². The molecule has 1 aliphatic heterocycles. The van der Waals surface area contributed by atoms with Crippen molar-refractivity contribution in [3.05, 3.63) is 83.4 Å². The van der Waals surface area contributed by atoms with Crippen LogP contribution in [0, 0.1) is 6.92 Å². The van der Waals surface area contributed by atoms with Crippen molar-refractivity contribution in [3.8, 4) is 5.75 Å². The highest BCUT2D eigenvalue weighted by Gasteiger charge is 2.27. The lowest BCUT2D eigenvalue weighted by Gasteiger charge is -2.21. The van der Waals surface area contributed by atoms with Crippen LogP contribution in [-0.4, -0.2) is 43.8 Å². The molecule has 1 aliphatic rings. The Morgan fingerprint density at radius 2 is 1.66 bits per heavy atom. The van der Waals surface area contributed by atoms with E-state index in [1.165, 1.54) is 11.3 Å². The molecule has 1 amide bonds. The van der Waals surface area contributed by atoms with E-state index in [-0.39, 0.29) is 10.8 Å². The molecule has 0 atom stereocenters. The van der Waals surface area contributed by atoms with Gasteiger partial charge in [0.1, 0.15) is 11.3 Å². The van der Waals surface area contributed by atoms with E-state index in [0.29, 0.717) is 36.1 Å². The molecule has 3 aromatic carbocycles. The number of anilines is 1. The predicted molar refractivity (Wildman–Crippen MR) is 152 cm³/mol. The van der Waals surface area contributed by atoms with E-state index in [2.05, 4.69) is 0 Å². The highest BCUT2D eigenvalue weighted by molar-refractivity contribution is 7.89. The molecule has 0 spiro atoms. The number of ether oxygens (including phenoxy) is 1.